The minimum atomic E-state index is -0.235. The summed E-state index contributed by atoms with van der Waals surface area (Å²) in [5.41, 5.74) is 4.58. The highest BCUT2D eigenvalue weighted by atomic mass is 16.6. The van der Waals surface area contributed by atoms with Crippen molar-refractivity contribution >= 4 is 34.0 Å². The molecule has 1 heterocycles. The lowest BCUT2D eigenvalue weighted by Crippen LogP contribution is -2.23. The number of anilines is 1. The van der Waals surface area contributed by atoms with Crippen LogP contribution in [0.3, 0.4) is 0 Å². The molecule has 0 atom stereocenters. The molecule has 0 aliphatic carbocycles. The zero-order valence-corrected chi connectivity index (χ0v) is 17.2. The molecular weight excluding hydrogens is 394 g/mol. The van der Waals surface area contributed by atoms with E-state index in [0.29, 0.717) is 36.1 Å². The molecule has 2 N–H and O–H groups in total. The van der Waals surface area contributed by atoms with Crippen LogP contribution in [0, 0.1) is 0 Å². The first kappa shape index (κ1) is 20.4. The van der Waals surface area contributed by atoms with Crippen LogP contribution in [0.1, 0.15) is 18.9 Å². The van der Waals surface area contributed by atoms with E-state index in [-0.39, 0.29) is 24.7 Å². The van der Waals surface area contributed by atoms with Crippen molar-refractivity contribution in [3.8, 4) is 11.5 Å². The molecule has 0 aromatic heterocycles. The molecule has 4 rings (SSSR count). The second kappa shape index (κ2) is 9.30. The molecule has 3 aromatic carbocycles. The van der Waals surface area contributed by atoms with Crippen LogP contribution in [-0.2, 0) is 16.0 Å². The Bertz CT molecular complexity index is 1150. The number of hydrogen-bond acceptors (Lipinski definition) is 5. The van der Waals surface area contributed by atoms with E-state index in [1.54, 1.807) is 25.1 Å². The Hall–Kier alpha value is -3.87. The van der Waals surface area contributed by atoms with Gasteiger partial charge in [0.2, 0.25) is 11.8 Å². The summed E-state index contributed by atoms with van der Waals surface area (Å²) in [5.74, 6) is 0.801. The number of hydrogen-bond donors (Lipinski definition) is 2. The highest BCUT2D eigenvalue weighted by molar-refractivity contribution is 6.05. The molecule has 1 aliphatic heterocycles. The average molecular weight is 417 g/mol. The molecule has 7 heteroatoms. The lowest BCUT2D eigenvalue weighted by Gasteiger charge is -2.19. The monoisotopic (exact) mass is 417 g/mol. The van der Waals surface area contributed by atoms with Gasteiger partial charge in [-0.15, -0.1) is 0 Å². The quantitative estimate of drug-likeness (QED) is 0.473. The first-order chi connectivity index (χ1) is 15.1. The largest absolute Gasteiger partial charge is 0.486 e. The molecule has 3 aromatic rings. The lowest BCUT2D eigenvalue weighted by atomic mass is 10.0. The third-order valence-electron chi connectivity index (χ3n) is 4.84. The normalized spacial score (nSPS) is 13.0. The summed E-state index contributed by atoms with van der Waals surface area (Å²) in [7, 11) is 0. The molecule has 7 nitrogen and oxygen atoms in total. The second-order valence-electron chi connectivity index (χ2n) is 7.28. The van der Waals surface area contributed by atoms with E-state index < -0.39 is 0 Å². The number of fused-ring (bicyclic) bond motifs is 2. The Morgan fingerprint density at radius 3 is 2.58 bits per heavy atom. The van der Waals surface area contributed by atoms with Crippen LogP contribution < -0.4 is 20.2 Å². The predicted molar refractivity (Wildman–Crippen MR) is 120 cm³/mol. The summed E-state index contributed by atoms with van der Waals surface area (Å²) < 4.78 is 11.0. The number of benzene rings is 3. The maximum atomic E-state index is 12.3. The third kappa shape index (κ3) is 5.19. The second-order valence-corrected chi connectivity index (χ2v) is 7.28. The topological polar surface area (TPSA) is 89.0 Å². The molecule has 2 amide bonds. The van der Waals surface area contributed by atoms with E-state index in [2.05, 4.69) is 15.8 Å². The minimum Gasteiger partial charge on any atom is -0.486 e. The Morgan fingerprint density at radius 1 is 0.935 bits per heavy atom. The van der Waals surface area contributed by atoms with Crippen LogP contribution in [0.2, 0.25) is 0 Å². The van der Waals surface area contributed by atoms with Crippen LogP contribution in [0.25, 0.3) is 10.8 Å². The molecule has 0 saturated heterocycles. The number of carbonyl (C=O) groups is 2. The van der Waals surface area contributed by atoms with Crippen molar-refractivity contribution in [1.29, 1.82) is 0 Å². The van der Waals surface area contributed by atoms with E-state index in [1.807, 2.05) is 42.5 Å². The van der Waals surface area contributed by atoms with E-state index in [4.69, 9.17) is 9.47 Å². The molecule has 0 spiro atoms. The fourth-order valence-corrected chi connectivity index (χ4v) is 3.42. The molecule has 1 aliphatic rings. The van der Waals surface area contributed by atoms with Crippen molar-refractivity contribution in [2.24, 2.45) is 5.10 Å². The molecule has 0 radical (unpaired) electrons. The molecule has 158 valence electrons. The Balaban J connectivity index is 1.31. The van der Waals surface area contributed by atoms with Gasteiger partial charge in [-0.05, 0) is 35.4 Å². The van der Waals surface area contributed by atoms with Gasteiger partial charge in [0.1, 0.15) is 13.2 Å². The summed E-state index contributed by atoms with van der Waals surface area (Å²) in [5, 5.41) is 8.99. The highest BCUT2D eigenvalue weighted by Crippen LogP contribution is 2.32. The fourth-order valence-electron chi connectivity index (χ4n) is 3.42. The summed E-state index contributed by atoms with van der Waals surface area (Å²) in [4.78, 5) is 24.6. The van der Waals surface area contributed by atoms with Gasteiger partial charge in [0, 0.05) is 17.5 Å². The minimum absolute atomic E-state index is 0.0585. The number of carbonyl (C=O) groups excluding carboxylic acids is 2. The van der Waals surface area contributed by atoms with Gasteiger partial charge < -0.3 is 14.8 Å². The van der Waals surface area contributed by atoms with Crippen molar-refractivity contribution in [3.63, 3.8) is 0 Å². The molecule has 0 fully saturated rings. The van der Waals surface area contributed by atoms with Crippen LogP contribution in [-0.4, -0.2) is 30.7 Å². The number of nitrogens with zero attached hydrogens (tertiary/aromatic N) is 1. The van der Waals surface area contributed by atoms with Gasteiger partial charge >= 0.3 is 0 Å². The van der Waals surface area contributed by atoms with Crippen molar-refractivity contribution in [2.75, 3.05) is 18.5 Å². The van der Waals surface area contributed by atoms with Gasteiger partial charge in [-0.25, -0.2) is 5.43 Å². The van der Waals surface area contributed by atoms with E-state index in [0.717, 1.165) is 16.3 Å². The smallest absolute Gasteiger partial charge is 0.244 e. The Morgan fingerprint density at radius 2 is 1.71 bits per heavy atom. The average Bonchev–Trinajstić information content (AvgIpc) is 2.78. The van der Waals surface area contributed by atoms with Crippen molar-refractivity contribution in [2.45, 2.75) is 19.8 Å². The predicted octanol–water partition coefficient (Wildman–Crippen LogP) is 3.67. The zero-order chi connectivity index (χ0) is 21.6. The van der Waals surface area contributed by atoms with E-state index in [1.165, 1.54) is 0 Å². The molecule has 0 unspecified atom stereocenters. The van der Waals surface area contributed by atoms with Gasteiger partial charge in [0.15, 0.2) is 11.5 Å². The molecule has 31 heavy (non-hydrogen) atoms. The Labute approximate surface area is 180 Å². The Kier molecular flexibility index (Phi) is 6.12. The fraction of sp³-hybridized carbons (Fsp3) is 0.208. The number of amides is 2. The standard InChI is InChI=1S/C24H23N3O4/c1-16(13-23(28)25-19-9-10-21-22(15-19)31-12-11-30-21)26-27-24(29)14-18-7-4-6-17-5-2-3-8-20(17)18/h2-10,15H,11-14H2,1H3,(H,25,28)(H,27,29). The van der Waals surface area contributed by atoms with Crippen LogP contribution in [0.15, 0.2) is 65.8 Å². The SMILES string of the molecule is CC(CC(=O)Nc1ccc2c(c1)OCCO2)=NNC(=O)Cc1cccc2ccccc12. The van der Waals surface area contributed by atoms with Crippen molar-refractivity contribution in [3.05, 3.63) is 66.2 Å². The van der Waals surface area contributed by atoms with Gasteiger partial charge in [-0.2, -0.15) is 5.10 Å². The number of ether oxygens (including phenoxy) is 2. The van der Waals surface area contributed by atoms with Crippen molar-refractivity contribution in [1.82, 2.24) is 5.43 Å². The summed E-state index contributed by atoms with van der Waals surface area (Å²) in [6.07, 6.45) is 0.268. The first-order valence-corrected chi connectivity index (χ1v) is 10.1. The van der Waals surface area contributed by atoms with Crippen molar-refractivity contribution < 1.29 is 19.1 Å². The van der Waals surface area contributed by atoms with Gasteiger partial charge in [0.05, 0.1) is 12.8 Å². The van der Waals surface area contributed by atoms with Crippen LogP contribution in [0.5, 0.6) is 11.5 Å². The van der Waals surface area contributed by atoms with Gasteiger partial charge in [0.25, 0.3) is 0 Å². The lowest BCUT2D eigenvalue weighted by molar-refractivity contribution is -0.120. The number of hydrazone groups is 1. The number of nitrogens with one attached hydrogen (secondary N) is 2. The zero-order valence-electron chi connectivity index (χ0n) is 17.2. The van der Waals surface area contributed by atoms with Gasteiger partial charge in [-0.3, -0.25) is 9.59 Å². The van der Waals surface area contributed by atoms with E-state index in [9.17, 15) is 9.59 Å². The maximum Gasteiger partial charge on any atom is 0.244 e. The van der Waals surface area contributed by atoms with E-state index >= 15 is 0 Å². The maximum absolute atomic E-state index is 12.3. The summed E-state index contributed by atoms with van der Waals surface area (Å²) in [6, 6.07) is 19.0. The number of rotatable bonds is 6. The molecule has 0 saturated carbocycles. The van der Waals surface area contributed by atoms with Gasteiger partial charge in [-0.1, -0.05) is 42.5 Å². The highest BCUT2D eigenvalue weighted by Gasteiger charge is 2.13. The van der Waals surface area contributed by atoms with Crippen LogP contribution in [0.4, 0.5) is 5.69 Å². The van der Waals surface area contributed by atoms with Crippen LogP contribution >= 0.6 is 0 Å². The molecule has 0 bridgehead atoms. The summed E-state index contributed by atoms with van der Waals surface area (Å²) in [6.45, 7) is 2.69. The summed E-state index contributed by atoms with van der Waals surface area (Å²) >= 11 is 0. The molecular formula is C24H23N3O4. The third-order valence-corrected chi connectivity index (χ3v) is 4.84. The first-order valence-electron chi connectivity index (χ1n) is 10.1.